The summed E-state index contributed by atoms with van der Waals surface area (Å²) in [6, 6.07) is 8.95. The second-order valence-electron chi connectivity index (χ2n) is 5.93. The van der Waals surface area contributed by atoms with Gasteiger partial charge in [0.05, 0.1) is 24.8 Å². The van der Waals surface area contributed by atoms with Crippen LogP contribution < -0.4 is 5.01 Å². The van der Waals surface area contributed by atoms with Gasteiger partial charge in [0.15, 0.2) is 0 Å². The zero-order valence-corrected chi connectivity index (χ0v) is 13.6. The molecule has 8 heteroatoms. The molecular formula is C17H19N3O5. The number of para-hydroxylation sites is 1. The van der Waals surface area contributed by atoms with Crippen molar-refractivity contribution in [2.45, 2.75) is 25.4 Å². The number of carboxylic acids is 1. The first-order valence-corrected chi connectivity index (χ1v) is 8.13. The van der Waals surface area contributed by atoms with Gasteiger partial charge in [-0.25, -0.2) is 5.01 Å². The molecule has 2 aliphatic rings. The maximum atomic E-state index is 12.7. The summed E-state index contributed by atoms with van der Waals surface area (Å²) in [4.78, 5) is 37.2. The molecule has 1 atom stereocenters. The predicted molar refractivity (Wildman–Crippen MR) is 89.2 cm³/mol. The second-order valence-corrected chi connectivity index (χ2v) is 5.93. The van der Waals surface area contributed by atoms with Gasteiger partial charge in [0.25, 0.3) is 5.91 Å². The minimum atomic E-state index is -0.963. The lowest BCUT2D eigenvalue weighted by Gasteiger charge is -2.33. The first-order valence-electron chi connectivity index (χ1n) is 8.13. The van der Waals surface area contributed by atoms with E-state index < -0.39 is 12.1 Å². The highest BCUT2D eigenvalue weighted by atomic mass is 16.5. The van der Waals surface area contributed by atoms with Gasteiger partial charge in [0.1, 0.15) is 5.71 Å². The average Bonchev–Trinajstić information content (AvgIpc) is 2.62. The fourth-order valence-corrected chi connectivity index (χ4v) is 2.88. The van der Waals surface area contributed by atoms with Crippen LogP contribution in [0.4, 0.5) is 5.69 Å². The molecule has 3 rings (SSSR count). The Labute approximate surface area is 144 Å². The van der Waals surface area contributed by atoms with E-state index >= 15 is 0 Å². The van der Waals surface area contributed by atoms with E-state index in [-0.39, 0.29) is 44.2 Å². The number of carbonyl (C=O) groups excluding carboxylic acids is 2. The first-order chi connectivity index (χ1) is 12.0. The summed E-state index contributed by atoms with van der Waals surface area (Å²) in [6.45, 7) is 0.884. The third-order valence-electron chi connectivity index (χ3n) is 4.11. The molecule has 0 bridgehead atoms. The van der Waals surface area contributed by atoms with Gasteiger partial charge in [-0.3, -0.25) is 14.4 Å². The Balaban J connectivity index is 1.74. The number of anilines is 1. The smallest absolute Gasteiger partial charge is 0.306 e. The van der Waals surface area contributed by atoms with Crippen LogP contribution in [0.5, 0.6) is 0 Å². The number of ether oxygens (including phenoxy) is 1. The number of rotatable bonds is 4. The van der Waals surface area contributed by atoms with Crippen LogP contribution in [0.3, 0.4) is 0 Å². The van der Waals surface area contributed by atoms with Crippen molar-refractivity contribution in [3.8, 4) is 0 Å². The average molecular weight is 345 g/mol. The summed E-state index contributed by atoms with van der Waals surface area (Å²) < 4.78 is 5.38. The van der Waals surface area contributed by atoms with Crippen LogP contribution in [0.25, 0.3) is 0 Å². The molecule has 8 nitrogen and oxygen atoms in total. The molecule has 0 saturated carbocycles. The Kier molecular flexibility index (Phi) is 5.08. The molecule has 1 saturated heterocycles. The van der Waals surface area contributed by atoms with Crippen molar-refractivity contribution in [2.24, 2.45) is 5.10 Å². The molecule has 0 aliphatic carbocycles. The van der Waals surface area contributed by atoms with Crippen molar-refractivity contribution in [3.63, 3.8) is 0 Å². The highest BCUT2D eigenvalue weighted by Crippen LogP contribution is 2.21. The molecule has 1 aromatic rings. The monoisotopic (exact) mass is 345 g/mol. The van der Waals surface area contributed by atoms with Crippen molar-refractivity contribution in [2.75, 3.05) is 24.7 Å². The van der Waals surface area contributed by atoms with Gasteiger partial charge in [-0.05, 0) is 12.1 Å². The summed E-state index contributed by atoms with van der Waals surface area (Å²) in [5.41, 5.74) is 0.919. The molecule has 0 aromatic heterocycles. The van der Waals surface area contributed by atoms with Crippen LogP contribution in [-0.2, 0) is 19.1 Å². The highest BCUT2D eigenvalue weighted by molar-refractivity contribution is 6.40. The van der Waals surface area contributed by atoms with Crippen molar-refractivity contribution >= 4 is 29.2 Å². The number of nitrogens with zero attached hydrogens (tertiary/aromatic N) is 3. The lowest BCUT2D eigenvalue weighted by atomic mass is 10.1. The Morgan fingerprint density at radius 2 is 2.00 bits per heavy atom. The summed E-state index contributed by atoms with van der Waals surface area (Å²) >= 11 is 0. The van der Waals surface area contributed by atoms with E-state index in [0.717, 1.165) is 0 Å². The van der Waals surface area contributed by atoms with Crippen LogP contribution >= 0.6 is 0 Å². The summed E-state index contributed by atoms with van der Waals surface area (Å²) in [6.07, 6.45) is -0.180. The lowest BCUT2D eigenvalue weighted by molar-refractivity contribution is -0.145. The van der Waals surface area contributed by atoms with Crippen LogP contribution in [0.15, 0.2) is 35.4 Å². The van der Waals surface area contributed by atoms with E-state index in [1.165, 1.54) is 5.01 Å². The van der Waals surface area contributed by atoms with Crippen LogP contribution in [0, 0.1) is 0 Å². The largest absolute Gasteiger partial charge is 0.481 e. The van der Waals surface area contributed by atoms with Crippen molar-refractivity contribution in [1.29, 1.82) is 0 Å². The molecule has 2 aliphatic heterocycles. The van der Waals surface area contributed by atoms with Crippen LogP contribution in [0.1, 0.15) is 19.3 Å². The molecule has 2 heterocycles. The Morgan fingerprint density at radius 3 is 2.72 bits per heavy atom. The number of aliphatic carboxylic acids is 1. The van der Waals surface area contributed by atoms with Crippen LogP contribution in [0.2, 0.25) is 0 Å². The highest BCUT2D eigenvalue weighted by Gasteiger charge is 2.31. The Hall–Kier alpha value is -2.74. The molecule has 132 valence electrons. The third kappa shape index (κ3) is 4.03. The van der Waals surface area contributed by atoms with Gasteiger partial charge in [0, 0.05) is 25.9 Å². The molecule has 1 unspecified atom stereocenters. The van der Waals surface area contributed by atoms with Gasteiger partial charge >= 0.3 is 5.97 Å². The summed E-state index contributed by atoms with van der Waals surface area (Å²) in [5.74, 6) is -1.39. The van der Waals surface area contributed by atoms with Crippen molar-refractivity contribution < 1.29 is 24.2 Å². The maximum Gasteiger partial charge on any atom is 0.306 e. The minimum Gasteiger partial charge on any atom is -0.481 e. The standard InChI is InChI=1S/C17H19N3O5/c21-15-7-6-14(18-20(15)12-4-2-1-3-5-12)17(24)19-8-9-25-13(11-19)10-16(22)23/h1-5,13H,6-11H2,(H,22,23). The summed E-state index contributed by atoms with van der Waals surface area (Å²) in [7, 11) is 0. The van der Waals surface area contributed by atoms with E-state index in [4.69, 9.17) is 9.84 Å². The van der Waals surface area contributed by atoms with Crippen molar-refractivity contribution in [3.05, 3.63) is 30.3 Å². The fraction of sp³-hybridized carbons (Fsp3) is 0.412. The Bertz CT molecular complexity index is 703. The first kappa shape index (κ1) is 17.1. The number of carbonyl (C=O) groups is 3. The van der Waals surface area contributed by atoms with E-state index in [0.29, 0.717) is 17.9 Å². The minimum absolute atomic E-state index is 0.148. The van der Waals surface area contributed by atoms with E-state index in [2.05, 4.69) is 5.10 Å². The number of carboxylic acid groups (broad SMARTS) is 1. The number of amides is 2. The normalized spacial score (nSPS) is 21.0. The van der Waals surface area contributed by atoms with Gasteiger partial charge in [-0.2, -0.15) is 5.10 Å². The number of hydrogen-bond donors (Lipinski definition) is 1. The second kappa shape index (κ2) is 7.43. The van der Waals surface area contributed by atoms with E-state index in [9.17, 15) is 14.4 Å². The Morgan fingerprint density at radius 1 is 1.24 bits per heavy atom. The van der Waals surface area contributed by atoms with E-state index in [1.54, 1.807) is 29.2 Å². The molecule has 1 aromatic carbocycles. The molecule has 2 amide bonds. The number of hydrogen-bond acceptors (Lipinski definition) is 5. The predicted octanol–water partition coefficient (Wildman–Crippen LogP) is 0.871. The SMILES string of the molecule is O=C(O)CC1CN(C(=O)C2=NN(c3ccccc3)C(=O)CC2)CCO1. The van der Waals surface area contributed by atoms with Gasteiger partial charge in [-0.15, -0.1) is 0 Å². The number of hydrazone groups is 1. The number of morpholine rings is 1. The molecule has 1 N–H and O–H groups in total. The van der Waals surface area contributed by atoms with Crippen molar-refractivity contribution in [1.82, 2.24) is 4.90 Å². The number of benzene rings is 1. The third-order valence-corrected chi connectivity index (χ3v) is 4.11. The zero-order chi connectivity index (χ0) is 17.8. The quantitative estimate of drug-likeness (QED) is 0.873. The summed E-state index contributed by atoms with van der Waals surface area (Å²) in [5, 5.41) is 14.4. The fourth-order valence-electron chi connectivity index (χ4n) is 2.88. The van der Waals surface area contributed by atoms with Crippen LogP contribution in [-0.4, -0.2) is 59.3 Å². The topological polar surface area (TPSA) is 99.5 Å². The molecule has 25 heavy (non-hydrogen) atoms. The molecule has 0 radical (unpaired) electrons. The van der Waals surface area contributed by atoms with Gasteiger partial charge in [0.2, 0.25) is 5.91 Å². The zero-order valence-electron chi connectivity index (χ0n) is 13.6. The maximum absolute atomic E-state index is 12.7. The molecule has 1 fully saturated rings. The lowest BCUT2D eigenvalue weighted by Crippen LogP contribution is -2.49. The van der Waals surface area contributed by atoms with Gasteiger partial charge in [-0.1, -0.05) is 18.2 Å². The molecular weight excluding hydrogens is 326 g/mol. The van der Waals surface area contributed by atoms with Gasteiger partial charge < -0.3 is 14.7 Å². The van der Waals surface area contributed by atoms with E-state index in [1.807, 2.05) is 6.07 Å². The molecule has 0 spiro atoms.